The van der Waals surface area contributed by atoms with Crippen molar-refractivity contribution in [3.05, 3.63) is 58.9 Å². The van der Waals surface area contributed by atoms with Crippen LogP contribution >= 0.6 is 11.6 Å². The fraction of sp³-hybridized carbons (Fsp3) is 0.222. The second-order valence-corrected chi connectivity index (χ2v) is 6.02. The van der Waals surface area contributed by atoms with E-state index in [1.807, 2.05) is 24.3 Å². The van der Waals surface area contributed by atoms with Gasteiger partial charge in [0.15, 0.2) is 0 Å². The van der Waals surface area contributed by atoms with Gasteiger partial charge in [0.1, 0.15) is 17.8 Å². The zero-order chi connectivity index (χ0) is 19.2. The second-order valence-electron chi connectivity index (χ2n) is 5.61. The maximum atomic E-state index is 12.5. The number of ether oxygens (including phenoxy) is 2. The van der Waals surface area contributed by atoms with Gasteiger partial charge >= 0.3 is 0 Å². The highest BCUT2D eigenvalue weighted by Gasteiger charge is 2.17. The molecule has 8 nitrogen and oxygen atoms in total. The number of tetrazole rings is 1. The summed E-state index contributed by atoms with van der Waals surface area (Å²) in [6.07, 6.45) is 2.10. The Balaban J connectivity index is 1.69. The summed E-state index contributed by atoms with van der Waals surface area (Å²) in [6.45, 7) is 0.473. The Morgan fingerprint density at radius 3 is 2.59 bits per heavy atom. The molecule has 1 aromatic heterocycles. The number of amides is 1. The topological polar surface area (TPSA) is 91.2 Å². The fourth-order valence-corrected chi connectivity index (χ4v) is 2.79. The van der Waals surface area contributed by atoms with E-state index in [4.69, 9.17) is 21.1 Å². The second kappa shape index (κ2) is 8.50. The monoisotopic (exact) mass is 387 g/mol. The number of nitrogens with one attached hydrogen (secondary N) is 1. The van der Waals surface area contributed by atoms with Crippen molar-refractivity contribution in [1.82, 2.24) is 25.5 Å². The Kier molecular flexibility index (Phi) is 5.87. The van der Waals surface area contributed by atoms with E-state index in [1.165, 1.54) is 18.1 Å². The maximum Gasteiger partial charge on any atom is 0.255 e. The number of halogens is 1. The minimum Gasteiger partial charge on any atom is -0.497 e. The summed E-state index contributed by atoms with van der Waals surface area (Å²) in [7, 11) is 3.11. The number of methoxy groups -OCH3 is 2. The van der Waals surface area contributed by atoms with E-state index in [0.29, 0.717) is 35.0 Å². The highest BCUT2D eigenvalue weighted by Crippen LogP contribution is 2.29. The minimum absolute atomic E-state index is 0.273. The molecular weight excluding hydrogens is 370 g/mol. The van der Waals surface area contributed by atoms with Crippen LogP contribution in [-0.4, -0.2) is 46.9 Å². The molecule has 0 spiro atoms. The molecule has 0 radical (unpaired) electrons. The highest BCUT2D eigenvalue weighted by molar-refractivity contribution is 6.33. The van der Waals surface area contributed by atoms with E-state index in [9.17, 15) is 4.79 Å². The molecule has 0 bridgehead atoms. The smallest absolute Gasteiger partial charge is 0.255 e. The standard InChI is InChI=1S/C18H18ClN5O3/c1-26-13-5-3-12(4-6-13)7-8-20-18(25)14-9-15(19)16(10-17(14)27-2)24-11-21-22-23-24/h3-6,9-11H,7-8H2,1-2H3,(H,20,25). The van der Waals surface area contributed by atoms with Gasteiger partial charge in [-0.25, -0.2) is 0 Å². The molecule has 140 valence electrons. The van der Waals surface area contributed by atoms with E-state index in [-0.39, 0.29) is 5.91 Å². The molecule has 0 aliphatic heterocycles. The minimum atomic E-state index is -0.273. The number of aromatic nitrogens is 4. The van der Waals surface area contributed by atoms with Crippen LogP contribution in [0.15, 0.2) is 42.7 Å². The molecule has 1 heterocycles. The van der Waals surface area contributed by atoms with Crippen LogP contribution in [0.25, 0.3) is 5.69 Å². The Bertz CT molecular complexity index is 914. The highest BCUT2D eigenvalue weighted by atomic mass is 35.5. The molecule has 0 saturated carbocycles. The van der Waals surface area contributed by atoms with Crippen LogP contribution in [0.1, 0.15) is 15.9 Å². The average Bonchev–Trinajstić information content (AvgIpc) is 3.22. The largest absolute Gasteiger partial charge is 0.497 e. The van der Waals surface area contributed by atoms with Crippen molar-refractivity contribution in [2.75, 3.05) is 20.8 Å². The van der Waals surface area contributed by atoms with Crippen molar-refractivity contribution in [3.8, 4) is 17.2 Å². The lowest BCUT2D eigenvalue weighted by atomic mass is 10.1. The first-order chi connectivity index (χ1) is 13.1. The molecule has 3 rings (SSSR count). The Labute approximate surface area is 161 Å². The average molecular weight is 388 g/mol. The summed E-state index contributed by atoms with van der Waals surface area (Å²) in [5.41, 5.74) is 1.96. The van der Waals surface area contributed by atoms with E-state index >= 15 is 0 Å². The lowest BCUT2D eigenvalue weighted by Crippen LogP contribution is -2.26. The Hall–Kier alpha value is -3.13. The van der Waals surface area contributed by atoms with Gasteiger partial charge in [-0.2, -0.15) is 4.68 Å². The first kappa shape index (κ1) is 18.7. The van der Waals surface area contributed by atoms with Gasteiger partial charge in [0.2, 0.25) is 0 Å². The molecule has 9 heteroatoms. The molecule has 0 fully saturated rings. The van der Waals surface area contributed by atoms with E-state index < -0.39 is 0 Å². The molecule has 2 aromatic carbocycles. The van der Waals surface area contributed by atoms with E-state index in [1.54, 1.807) is 19.2 Å². The third kappa shape index (κ3) is 4.35. The summed E-state index contributed by atoms with van der Waals surface area (Å²) in [4.78, 5) is 12.5. The zero-order valence-electron chi connectivity index (χ0n) is 14.8. The summed E-state index contributed by atoms with van der Waals surface area (Å²) in [5, 5.41) is 14.2. The number of carbonyl (C=O) groups excluding carboxylic acids is 1. The predicted molar refractivity (Wildman–Crippen MR) is 99.7 cm³/mol. The summed E-state index contributed by atoms with van der Waals surface area (Å²) in [6, 6.07) is 10.9. The third-order valence-electron chi connectivity index (χ3n) is 3.97. The predicted octanol–water partition coefficient (Wildman–Crippen LogP) is 2.31. The first-order valence-electron chi connectivity index (χ1n) is 8.14. The van der Waals surface area contributed by atoms with Gasteiger partial charge in [0, 0.05) is 12.6 Å². The van der Waals surface area contributed by atoms with Gasteiger partial charge in [-0.15, -0.1) is 5.10 Å². The van der Waals surface area contributed by atoms with Gasteiger partial charge in [-0.05, 0) is 40.6 Å². The van der Waals surface area contributed by atoms with Gasteiger partial charge < -0.3 is 14.8 Å². The van der Waals surface area contributed by atoms with Crippen LogP contribution in [0.5, 0.6) is 11.5 Å². The van der Waals surface area contributed by atoms with Crippen molar-refractivity contribution in [2.45, 2.75) is 6.42 Å². The van der Waals surface area contributed by atoms with Crippen LogP contribution in [0.2, 0.25) is 5.02 Å². The van der Waals surface area contributed by atoms with Crippen LogP contribution in [0.4, 0.5) is 0 Å². The van der Waals surface area contributed by atoms with Crippen LogP contribution in [0.3, 0.4) is 0 Å². The normalized spacial score (nSPS) is 10.5. The summed E-state index contributed by atoms with van der Waals surface area (Å²) >= 11 is 6.29. The van der Waals surface area contributed by atoms with Gasteiger partial charge in [-0.1, -0.05) is 23.7 Å². The molecule has 1 N–H and O–H groups in total. The maximum absolute atomic E-state index is 12.5. The Morgan fingerprint density at radius 1 is 1.19 bits per heavy atom. The van der Waals surface area contributed by atoms with Crippen molar-refractivity contribution in [1.29, 1.82) is 0 Å². The molecule has 0 aliphatic carbocycles. The molecule has 1 amide bonds. The third-order valence-corrected chi connectivity index (χ3v) is 4.27. The number of hydrogen-bond acceptors (Lipinski definition) is 6. The van der Waals surface area contributed by atoms with E-state index in [0.717, 1.165) is 11.3 Å². The lowest BCUT2D eigenvalue weighted by Gasteiger charge is -2.12. The molecule has 3 aromatic rings. The summed E-state index contributed by atoms with van der Waals surface area (Å²) < 4.78 is 11.9. The molecule has 0 atom stereocenters. The number of benzene rings is 2. The number of rotatable bonds is 7. The van der Waals surface area contributed by atoms with Gasteiger partial charge in [0.05, 0.1) is 30.5 Å². The van der Waals surface area contributed by atoms with Crippen molar-refractivity contribution >= 4 is 17.5 Å². The zero-order valence-corrected chi connectivity index (χ0v) is 15.6. The number of carbonyl (C=O) groups is 1. The first-order valence-corrected chi connectivity index (χ1v) is 8.52. The van der Waals surface area contributed by atoms with Gasteiger partial charge in [0.25, 0.3) is 5.91 Å². The quantitative estimate of drug-likeness (QED) is 0.669. The Morgan fingerprint density at radius 2 is 1.96 bits per heavy atom. The van der Waals surface area contributed by atoms with Crippen molar-refractivity contribution in [3.63, 3.8) is 0 Å². The van der Waals surface area contributed by atoms with Crippen molar-refractivity contribution < 1.29 is 14.3 Å². The molecule has 27 heavy (non-hydrogen) atoms. The molecule has 0 unspecified atom stereocenters. The SMILES string of the molecule is COc1ccc(CCNC(=O)c2cc(Cl)c(-n3cnnn3)cc2OC)cc1. The van der Waals surface area contributed by atoms with Crippen LogP contribution < -0.4 is 14.8 Å². The molecule has 0 aliphatic rings. The van der Waals surface area contributed by atoms with Gasteiger partial charge in [-0.3, -0.25) is 4.79 Å². The summed E-state index contributed by atoms with van der Waals surface area (Å²) in [5.74, 6) is 0.905. The fourth-order valence-electron chi connectivity index (χ4n) is 2.54. The lowest BCUT2D eigenvalue weighted by molar-refractivity contribution is 0.0951. The molecule has 0 saturated heterocycles. The van der Waals surface area contributed by atoms with E-state index in [2.05, 4.69) is 20.8 Å². The van der Waals surface area contributed by atoms with Crippen LogP contribution in [0, 0.1) is 0 Å². The molecular formula is C18H18ClN5O3. The number of nitrogens with zero attached hydrogens (tertiary/aromatic N) is 4. The van der Waals surface area contributed by atoms with Crippen LogP contribution in [-0.2, 0) is 6.42 Å². The van der Waals surface area contributed by atoms with Crippen molar-refractivity contribution in [2.24, 2.45) is 0 Å². The number of hydrogen-bond donors (Lipinski definition) is 1.